The van der Waals surface area contributed by atoms with Crippen LogP contribution in [-0.2, 0) is 4.74 Å². The molecule has 0 aliphatic heterocycles. The van der Waals surface area contributed by atoms with E-state index in [9.17, 15) is 0 Å². The van der Waals surface area contributed by atoms with E-state index in [1.54, 1.807) is 0 Å². The van der Waals surface area contributed by atoms with Gasteiger partial charge < -0.3 is 15.4 Å². The Labute approximate surface area is 162 Å². The van der Waals surface area contributed by atoms with Crippen molar-refractivity contribution in [2.45, 2.75) is 36.8 Å². The lowest BCUT2D eigenvalue weighted by molar-refractivity contribution is 0.143. The van der Waals surface area contributed by atoms with Gasteiger partial charge in [-0.3, -0.25) is 4.99 Å². The van der Waals surface area contributed by atoms with Crippen LogP contribution >= 0.6 is 35.7 Å². The average molecular weight is 451 g/mol. The maximum absolute atomic E-state index is 5.33. The average Bonchev–Trinajstić information content (AvgIpc) is 2.54. The Morgan fingerprint density at radius 2 is 1.96 bits per heavy atom. The molecule has 0 aromatic heterocycles. The summed E-state index contributed by atoms with van der Waals surface area (Å²) < 4.78 is 5.33. The first-order chi connectivity index (χ1) is 10.8. The van der Waals surface area contributed by atoms with Crippen LogP contribution < -0.4 is 10.6 Å². The summed E-state index contributed by atoms with van der Waals surface area (Å²) in [7, 11) is 1.81. The standard InChI is InChI=1S/C17H29N3OS.HI/c1-4-21-13-9-8-12-19-17(18-3)20-14-15(2)22-16-10-6-5-7-11-16;/h5-7,10-11,15H,4,8-9,12-14H2,1-3H3,(H2,18,19,20);1H. The molecule has 1 atom stereocenters. The molecule has 1 unspecified atom stereocenters. The van der Waals surface area contributed by atoms with Crippen LogP contribution in [0.25, 0.3) is 0 Å². The highest BCUT2D eigenvalue weighted by atomic mass is 127. The summed E-state index contributed by atoms with van der Waals surface area (Å²) in [6, 6.07) is 10.5. The SMILES string of the molecule is CCOCCCCNC(=NC)NCC(C)Sc1ccccc1.I. The third kappa shape index (κ3) is 11.7. The first-order valence-electron chi connectivity index (χ1n) is 8.00. The minimum Gasteiger partial charge on any atom is -0.382 e. The fourth-order valence-electron chi connectivity index (χ4n) is 1.91. The van der Waals surface area contributed by atoms with Crippen molar-refractivity contribution in [1.82, 2.24) is 10.6 Å². The van der Waals surface area contributed by atoms with Gasteiger partial charge in [0.25, 0.3) is 0 Å². The number of ether oxygens (including phenoxy) is 1. The Balaban J connectivity index is 0.00000484. The lowest BCUT2D eigenvalue weighted by Gasteiger charge is -2.16. The second kappa shape index (κ2) is 15.1. The molecule has 0 heterocycles. The van der Waals surface area contributed by atoms with Gasteiger partial charge in [-0.2, -0.15) is 0 Å². The van der Waals surface area contributed by atoms with Gasteiger partial charge in [0.05, 0.1) is 0 Å². The van der Waals surface area contributed by atoms with E-state index in [2.05, 4.69) is 46.8 Å². The van der Waals surface area contributed by atoms with Gasteiger partial charge in [-0.15, -0.1) is 35.7 Å². The summed E-state index contributed by atoms with van der Waals surface area (Å²) in [6.45, 7) is 7.70. The summed E-state index contributed by atoms with van der Waals surface area (Å²) in [6.07, 6.45) is 2.17. The van der Waals surface area contributed by atoms with Crippen molar-refractivity contribution in [1.29, 1.82) is 0 Å². The molecule has 2 N–H and O–H groups in total. The van der Waals surface area contributed by atoms with Crippen LogP contribution in [0.3, 0.4) is 0 Å². The Morgan fingerprint density at radius 1 is 1.22 bits per heavy atom. The Morgan fingerprint density at radius 3 is 2.61 bits per heavy atom. The van der Waals surface area contributed by atoms with Gasteiger partial charge in [-0.25, -0.2) is 0 Å². The minimum absolute atomic E-state index is 0. The maximum atomic E-state index is 5.33. The first-order valence-corrected chi connectivity index (χ1v) is 8.88. The summed E-state index contributed by atoms with van der Waals surface area (Å²) >= 11 is 1.87. The van der Waals surface area contributed by atoms with E-state index in [0.29, 0.717) is 5.25 Å². The lowest BCUT2D eigenvalue weighted by Crippen LogP contribution is -2.40. The third-order valence-corrected chi connectivity index (χ3v) is 4.19. The Hall–Kier alpha value is -0.470. The van der Waals surface area contributed by atoms with Gasteiger partial charge in [0.15, 0.2) is 5.96 Å². The quantitative estimate of drug-likeness (QED) is 0.187. The van der Waals surface area contributed by atoms with Crippen molar-refractivity contribution in [3.8, 4) is 0 Å². The highest BCUT2D eigenvalue weighted by molar-refractivity contribution is 14.0. The molecule has 0 bridgehead atoms. The van der Waals surface area contributed by atoms with Crippen LogP contribution in [0.4, 0.5) is 0 Å². The molecule has 6 heteroatoms. The van der Waals surface area contributed by atoms with Crippen LogP contribution in [0.2, 0.25) is 0 Å². The number of thioether (sulfide) groups is 1. The molecule has 0 saturated carbocycles. The van der Waals surface area contributed by atoms with E-state index in [4.69, 9.17) is 4.74 Å². The largest absolute Gasteiger partial charge is 0.382 e. The zero-order valence-corrected chi connectivity index (χ0v) is 17.5. The van der Waals surface area contributed by atoms with E-state index >= 15 is 0 Å². The molecule has 4 nitrogen and oxygen atoms in total. The molecule has 0 spiro atoms. The number of nitrogens with zero attached hydrogens (tertiary/aromatic N) is 1. The van der Waals surface area contributed by atoms with Gasteiger partial charge in [-0.1, -0.05) is 25.1 Å². The van der Waals surface area contributed by atoms with Gasteiger partial charge >= 0.3 is 0 Å². The highest BCUT2D eigenvalue weighted by Gasteiger charge is 2.05. The van der Waals surface area contributed by atoms with Crippen LogP contribution in [-0.4, -0.2) is 44.6 Å². The minimum atomic E-state index is 0. The number of benzene rings is 1. The third-order valence-electron chi connectivity index (χ3n) is 3.07. The van der Waals surface area contributed by atoms with E-state index in [1.807, 2.05) is 31.8 Å². The molecule has 0 radical (unpaired) electrons. The molecule has 132 valence electrons. The molecule has 1 aromatic rings. The van der Waals surface area contributed by atoms with E-state index in [1.165, 1.54) is 4.90 Å². The van der Waals surface area contributed by atoms with Crippen LogP contribution in [0.1, 0.15) is 26.7 Å². The second-order valence-electron chi connectivity index (χ2n) is 5.03. The second-order valence-corrected chi connectivity index (χ2v) is 6.54. The van der Waals surface area contributed by atoms with Crippen LogP contribution in [0.15, 0.2) is 40.2 Å². The molecular formula is C17H30IN3OS. The number of rotatable bonds is 10. The molecule has 0 saturated heterocycles. The van der Waals surface area contributed by atoms with Gasteiger partial charge in [0, 0.05) is 43.5 Å². The van der Waals surface area contributed by atoms with Crippen molar-refractivity contribution in [3.63, 3.8) is 0 Å². The number of aliphatic imine (C=N–C) groups is 1. The zero-order valence-electron chi connectivity index (χ0n) is 14.4. The number of guanidine groups is 1. The number of halogens is 1. The van der Waals surface area contributed by atoms with E-state index in [-0.39, 0.29) is 24.0 Å². The topological polar surface area (TPSA) is 45.6 Å². The number of hydrogen-bond donors (Lipinski definition) is 2. The van der Waals surface area contributed by atoms with Crippen molar-refractivity contribution >= 4 is 41.7 Å². The number of nitrogens with one attached hydrogen (secondary N) is 2. The fourth-order valence-corrected chi connectivity index (χ4v) is 2.86. The smallest absolute Gasteiger partial charge is 0.191 e. The van der Waals surface area contributed by atoms with Crippen molar-refractivity contribution < 1.29 is 4.74 Å². The molecular weight excluding hydrogens is 421 g/mol. The molecule has 1 aromatic carbocycles. The van der Waals surface area contributed by atoms with Crippen molar-refractivity contribution in [2.75, 3.05) is 33.4 Å². The van der Waals surface area contributed by atoms with E-state index < -0.39 is 0 Å². The molecule has 0 fully saturated rings. The molecule has 0 aliphatic carbocycles. The summed E-state index contributed by atoms with van der Waals surface area (Å²) in [5.41, 5.74) is 0. The fraction of sp³-hybridized carbons (Fsp3) is 0.588. The predicted molar refractivity (Wildman–Crippen MR) is 112 cm³/mol. The maximum Gasteiger partial charge on any atom is 0.191 e. The molecule has 0 aliphatic rings. The van der Waals surface area contributed by atoms with E-state index in [0.717, 1.165) is 45.1 Å². The van der Waals surface area contributed by atoms with Crippen molar-refractivity contribution in [3.05, 3.63) is 30.3 Å². The number of unbranched alkanes of at least 4 members (excludes halogenated alkanes) is 1. The Kier molecular flexibility index (Phi) is 14.8. The zero-order chi connectivity index (χ0) is 16.0. The Bertz CT molecular complexity index is 418. The molecule has 23 heavy (non-hydrogen) atoms. The van der Waals surface area contributed by atoms with Gasteiger partial charge in [-0.05, 0) is 31.9 Å². The van der Waals surface area contributed by atoms with Crippen LogP contribution in [0.5, 0.6) is 0 Å². The highest BCUT2D eigenvalue weighted by Crippen LogP contribution is 2.21. The molecule has 1 rings (SSSR count). The lowest BCUT2D eigenvalue weighted by atomic mass is 10.3. The summed E-state index contributed by atoms with van der Waals surface area (Å²) in [5, 5.41) is 7.20. The normalized spacial score (nSPS) is 12.4. The monoisotopic (exact) mass is 451 g/mol. The predicted octanol–water partition coefficient (Wildman–Crippen LogP) is 3.77. The molecule has 0 amide bonds. The van der Waals surface area contributed by atoms with Crippen molar-refractivity contribution in [2.24, 2.45) is 4.99 Å². The van der Waals surface area contributed by atoms with Gasteiger partial charge in [0.2, 0.25) is 0 Å². The number of hydrogen-bond acceptors (Lipinski definition) is 3. The van der Waals surface area contributed by atoms with Crippen LogP contribution in [0, 0.1) is 0 Å². The summed E-state index contributed by atoms with van der Waals surface area (Å²) in [5.74, 6) is 0.872. The summed E-state index contributed by atoms with van der Waals surface area (Å²) in [4.78, 5) is 5.56. The first kappa shape index (κ1) is 22.5. The van der Waals surface area contributed by atoms with Gasteiger partial charge in [0.1, 0.15) is 0 Å².